The summed E-state index contributed by atoms with van der Waals surface area (Å²) in [6.07, 6.45) is 1.36. The molecular weight excluding hydrogens is 248 g/mol. The first kappa shape index (κ1) is 13.6. The summed E-state index contributed by atoms with van der Waals surface area (Å²) in [7, 11) is 0. The predicted molar refractivity (Wildman–Crippen MR) is 68.6 cm³/mol. The zero-order chi connectivity index (χ0) is 14.0. The minimum Gasteiger partial charge on any atom is -0.379 e. The lowest BCUT2D eigenvalue weighted by atomic mass is 9.87. The molecule has 0 saturated heterocycles. The first-order valence-electron chi connectivity index (χ1n) is 6.08. The van der Waals surface area contributed by atoms with Gasteiger partial charge in [0.2, 0.25) is 0 Å². The number of rotatable bonds is 3. The van der Waals surface area contributed by atoms with Crippen molar-refractivity contribution >= 4 is 0 Å². The van der Waals surface area contributed by atoms with Gasteiger partial charge in [-0.2, -0.15) is 0 Å². The third-order valence-electron chi connectivity index (χ3n) is 3.31. The maximum atomic E-state index is 13.6. The number of benzene rings is 1. The average Bonchev–Trinajstić information content (AvgIpc) is 2.42. The highest BCUT2D eigenvalue weighted by atomic mass is 19.1. The van der Waals surface area contributed by atoms with E-state index in [1.807, 2.05) is 0 Å². The van der Waals surface area contributed by atoms with E-state index >= 15 is 0 Å². The van der Waals surface area contributed by atoms with Gasteiger partial charge in [0.15, 0.2) is 0 Å². The molecule has 2 nitrogen and oxygen atoms in total. The van der Waals surface area contributed by atoms with Crippen LogP contribution in [0.4, 0.5) is 8.78 Å². The molecule has 1 unspecified atom stereocenters. The first-order chi connectivity index (χ1) is 8.97. The molecule has 0 fully saturated rings. The van der Waals surface area contributed by atoms with Gasteiger partial charge in [-0.15, -0.1) is 0 Å². The van der Waals surface area contributed by atoms with E-state index in [-0.39, 0.29) is 5.82 Å². The summed E-state index contributed by atoms with van der Waals surface area (Å²) >= 11 is 0. The maximum absolute atomic E-state index is 13.6. The van der Waals surface area contributed by atoms with Gasteiger partial charge < -0.3 is 5.11 Å². The molecule has 0 aliphatic carbocycles. The third-order valence-corrected chi connectivity index (χ3v) is 3.31. The number of aryl methyl sites for hydroxylation is 1. The van der Waals surface area contributed by atoms with Crippen molar-refractivity contribution in [1.29, 1.82) is 0 Å². The highest BCUT2D eigenvalue weighted by Gasteiger charge is 2.31. The number of hydrogen-bond donors (Lipinski definition) is 1. The molecule has 0 spiro atoms. The van der Waals surface area contributed by atoms with Crippen molar-refractivity contribution in [2.24, 2.45) is 0 Å². The van der Waals surface area contributed by atoms with Crippen LogP contribution in [0, 0.1) is 18.6 Å². The van der Waals surface area contributed by atoms with Crippen LogP contribution >= 0.6 is 0 Å². The molecule has 1 heterocycles. The highest BCUT2D eigenvalue weighted by molar-refractivity contribution is 5.34. The SMILES string of the molecule is CCC(O)(c1ccc(C)c(F)c1)c1ccc(F)cn1. The van der Waals surface area contributed by atoms with Gasteiger partial charge in [-0.05, 0) is 42.7 Å². The van der Waals surface area contributed by atoms with E-state index < -0.39 is 11.4 Å². The topological polar surface area (TPSA) is 33.1 Å². The van der Waals surface area contributed by atoms with Crippen molar-refractivity contribution in [3.63, 3.8) is 0 Å². The van der Waals surface area contributed by atoms with Gasteiger partial charge in [0, 0.05) is 0 Å². The van der Waals surface area contributed by atoms with Crippen LogP contribution in [0.1, 0.15) is 30.2 Å². The van der Waals surface area contributed by atoms with Gasteiger partial charge in [-0.25, -0.2) is 8.78 Å². The monoisotopic (exact) mass is 263 g/mol. The Morgan fingerprint density at radius 2 is 1.95 bits per heavy atom. The van der Waals surface area contributed by atoms with Crippen molar-refractivity contribution in [2.45, 2.75) is 25.9 Å². The van der Waals surface area contributed by atoms with Gasteiger partial charge in [-0.1, -0.05) is 19.1 Å². The molecule has 1 aromatic carbocycles. The number of hydrogen-bond acceptors (Lipinski definition) is 2. The van der Waals surface area contributed by atoms with Crippen LogP contribution in [-0.2, 0) is 5.60 Å². The van der Waals surface area contributed by atoms with Gasteiger partial charge >= 0.3 is 0 Å². The molecule has 0 saturated carbocycles. The standard InChI is InChI=1S/C15H15F2NO/c1-3-15(19,14-7-6-12(16)9-18-14)11-5-4-10(2)13(17)8-11/h4-9,19H,3H2,1-2H3. The fourth-order valence-corrected chi connectivity index (χ4v) is 2.00. The number of halogens is 2. The Morgan fingerprint density at radius 1 is 1.21 bits per heavy atom. The van der Waals surface area contributed by atoms with Crippen LogP contribution in [-0.4, -0.2) is 10.1 Å². The van der Waals surface area contributed by atoms with Crippen molar-refractivity contribution in [2.75, 3.05) is 0 Å². The van der Waals surface area contributed by atoms with Crippen molar-refractivity contribution in [1.82, 2.24) is 4.98 Å². The molecule has 0 aliphatic rings. The normalized spacial score (nSPS) is 14.2. The molecule has 2 rings (SSSR count). The van der Waals surface area contributed by atoms with Crippen molar-refractivity contribution < 1.29 is 13.9 Å². The second-order valence-corrected chi connectivity index (χ2v) is 4.54. The second-order valence-electron chi connectivity index (χ2n) is 4.54. The van der Waals surface area contributed by atoms with Gasteiger partial charge in [-0.3, -0.25) is 4.98 Å². The molecule has 0 bridgehead atoms. The zero-order valence-electron chi connectivity index (χ0n) is 10.8. The van der Waals surface area contributed by atoms with Gasteiger partial charge in [0.1, 0.15) is 17.2 Å². The van der Waals surface area contributed by atoms with Crippen LogP contribution in [0.2, 0.25) is 0 Å². The highest BCUT2D eigenvalue weighted by Crippen LogP contribution is 2.32. The van der Waals surface area contributed by atoms with E-state index in [9.17, 15) is 13.9 Å². The largest absolute Gasteiger partial charge is 0.379 e. The second kappa shape index (κ2) is 5.05. The van der Waals surface area contributed by atoms with Crippen LogP contribution < -0.4 is 0 Å². The Balaban J connectivity index is 2.52. The minimum absolute atomic E-state index is 0.305. The summed E-state index contributed by atoms with van der Waals surface area (Å²) in [5, 5.41) is 10.7. The van der Waals surface area contributed by atoms with E-state index in [0.29, 0.717) is 23.2 Å². The molecule has 4 heteroatoms. The zero-order valence-corrected chi connectivity index (χ0v) is 10.8. The van der Waals surface area contributed by atoms with Gasteiger partial charge in [0.05, 0.1) is 11.9 Å². The lowest BCUT2D eigenvalue weighted by Gasteiger charge is -2.27. The Morgan fingerprint density at radius 3 is 2.47 bits per heavy atom. The number of nitrogens with zero attached hydrogens (tertiary/aromatic N) is 1. The summed E-state index contributed by atoms with van der Waals surface area (Å²) in [6.45, 7) is 3.42. The van der Waals surface area contributed by atoms with Crippen LogP contribution in [0.15, 0.2) is 36.5 Å². The summed E-state index contributed by atoms with van der Waals surface area (Å²) in [4.78, 5) is 3.90. The Labute approximate surface area is 110 Å². The molecular formula is C15H15F2NO. The maximum Gasteiger partial charge on any atom is 0.141 e. The fourth-order valence-electron chi connectivity index (χ4n) is 2.00. The third kappa shape index (κ3) is 2.49. The predicted octanol–water partition coefficient (Wildman–Crippen LogP) is 3.31. The Hall–Kier alpha value is -1.81. The molecule has 1 aromatic heterocycles. The minimum atomic E-state index is -1.41. The lowest BCUT2D eigenvalue weighted by molar-refractivity contribution is 0.0714. The van der Waals surface area contributed by atoms with E-state index in [0.717, 1.165) is 6.20 Å². The molecule has 1 N–H and O–H groups in total. The van der Waals surface area contributed by atoms with Gasteiger partial charge in [0.25, 0.3) is 0 Å². The number of aliphatic hydroxyl groups is 1. The average molecular weight is 263 g/mol. The Bertz CT molecular complexity index is 583. The van der Waals surface area contributed by atoms with Crippen LogP contribution in [0.25, 0.3) is 0 Å². The van der Waals surface area contributed by atoms with Crippen molar-refractivity contribution in [3.8, 4) is 0 Å². The molecule has 100 valence electrons. The Kier molecular flexibility index (Phi) is 3.62. The first-order valence-corrected chi connectivity index (χ1v) is 6.08. The van der Waals surface area contributed by atoms with Crippen LogP contribution in [0.3, 0.4) is 0 Å². The fraction of sp³-hybridized carbons (Fsp3) is 0.267. The van der Waals surface area contributed by atoms with E-state index in [1.54, 1.807) is 26.0 Å². The summed E-state index contributed by atoms with van der Waals surface area (Å²) in [5.41, 5.74) is -0.187. The smallest absolute Gasteiger partial charge is 0.141 e. The number of pyridine rings is 1. The molecule has 19 heavy (non-hydrogen) atoms. The molecule has 0 aliphatic heterocycles. The number of aromatic nitrogens is 1. The molecule has 0 radical (unpaired) electrons. The quantitative estimate of drug-likeness (QED) is 0.921. The lowest BCUT2D eigenvalue weighted by Crippen LogP contribution is -2.27. The molecule has 2 aromatic rings. The summed E-state index contributed by atoms with van der Waals surface area (Å²) in [6, 6.07) is 7.20. The van der Waals surface area contributed by atoms with E-state index in [4.69, 9.17) is 0 Å². The molecule has 1 atom stereocenters. The van der Waals surface area contributed by atoms with E-state index in [2.05, 4.69) is 4.98 Å². The summed E-state index contributed by atoms with van der Waals surface area (Å²) in [5.74, 6) is -0.858. The van der Waals surface area contributed by atoms with Crippen molar-refractivity contribution in [3.05, 3.63) is 65.0 Å². The molecule has 0 amide bonds. The van der Waals surface area contributed by atoms with Crippen LogP contribution in [0.5, 0.6) is 0 Å². The van der Waals surface area contributed by atoms with E-state index in [1.165, 1.54) is 18.2 Å². The summed E-state index contributed by atoms with van der Waals surface area (Å²) < 4.78 is 26.5.